The lowest BCUT2D eigenvalue weighted by molar-refractivity contribution is 0.414. The minimum atomic E-state index is 0.714. The summed E-state index contributed by atoms with van der Waals surface area (Å²) >= 11 is 0. The average Bonchev–Trinajstić information content (AvgIpc) is 2.63. The lowest BCUT2D eigenvalue weighted by Gasteiger charge is -2.11. The zero-order valence-corrected chi connectivity index (χ0v) is 14.5. The zero-order valence-electron chi connectivity index (χ0n) is 14.5. The Morgan fingerprint density at radius 2 is 2.04 bits per heavy atom. The fourth-order valence-electron chi connectivity index (χ4n) is 2.32. The molecule has 0 aliphatic rings. The minimum absolute atomic E-state index is 0.714. The third-order valence-corrected chi connectivity index (χ3v) is 3.55. The van der Waals surface area contributed by atoms with Gasteiger partial charge in [-0.05, 0) is 43.2 Å². The summed E-state index contributed by atoms with van der Waals surface area (Å²) in [4.78, 5) is 8.92. The maximum atomic E-state index is 5.25. The highest BCUT2D eigenvalue weighted by atomic mass is 16.5. The fraction of sp³-hybridized carbons (Fsp3) is 0.368. The molecule has 0 saturated heterocycles. The first-order valence-corrected chi connectivity index (χ1v) is 8.37. The van der Waals surface area contributed by atoms with Gasteiger partial charge in [-0.15, -0.1) is 0 Å². The summed E-state index contributed by atoms with van der Waals surface area (Å²) in [5, 5.41) is 6.64. The van der Waals surface area contributed by atoms with Crippen LogP contribution < -0.4 is 15.4 Å². The predicted octanol–water partition coefficient (Wildman–Crippen LogP) is 2.43. The Balaban J connectivity index is 1.80. The van der Waals surface area contributed by atoms with Gasteiger partial charge in [-0.25, -0.2) is 0 Å². The number of benzene rings is 1. The van der Waals surface area contributed by atoms with Gasteiger partial charge in [0.05, 0.1) is 7.11 Å². The molecule has 1 aromatic heterocycles. The molecule has 1 heterocycles. The van der Waals surface area contributed by atoms with Crippen LogP contribution in [0.15, 0.2) is 53.7 Å². The molecule has 0 amide bonds. The van der Waals surface area contributed by atoms with Gasteiger partial charge in [0.15, 0.2) is 5.96 Å². The fourth-order valence-corrected chi connectivity index (χ4v) is 2.32. The van der Waals surface area contributed by atoms with Crippen LogP contribution >= 0.6 is 0 Å². The van der Waals surface area contributed by atoms with E-state index in [4.69, 9.17) is 4.74 Å². The molecule has 0 aliphatic heterocycles. The third-order valence-electron chi connectivity index (χ3n) is 3.55. The summed E-state index contributed by atoms with van der Waals surface area (Å²) in [5.74, 6) is 1.74. The van der Waals surface area contributed by atoms with E-state index in [1.807, 2.05) is 36.5 Å². The van der Waals surface area contributed by atoms with Gasteiger partial charge < -0.3 is 15.4 Å². The SMILES string of the molecule is CCNC(=NCCc1ccccn1)NCCc1cccc(OC)c1. The van der Waals surface area contributed by atoms with Crippen molar-refractivity contribution in [2.75, 3.05) is 26.7 Å². The first-order chi connectivity index (χ1) is 11.8. The number of nitrogens with zero attached hydrogens (tertiary/aromatic N) is 2. The van der Waals surface area contributed by atoms with Crippen molar-refractivity contribution in [3.63, 3.8) is 0 Å². The number of rotatable bonds is 8. The van der Waals surface area contributed by atoms with Gasteiger partial charge in [0.1, 0.15) is 5.75 Å². The molecule has 5 heteroatoms. The van der Waals surface area contributed by atoms with E-state index in [9.17, 15) is 0 Å². The number of aliphatic imine (C=N–C) groups is 1. The second-order valence-electron chi connectivity index (χ2n) is 5.36. The summed E-state index contributed by atoms with van der Waals surface area (Å²) in [7, 11) is 1.69. The Bertz CT molecular complexity index is 628. The molecule has 0 aliphatic carbocycles. The van der Waals surface area contributed by atoms with Crippen LogP contribution in [-0.4, -0.2) is 37.7 Å². The molecule has 24 heavy (non-hydrogen) atoms. The number of guanidine groups is 1. The van der Waals surface area contributed by atoms with E-state index in [-0.39, 0.29) is 0 Å². The van der Waals surface area contributed by atoms with Gasteiger partial charge >= 0.3 is 0 Å². The van der Waals surface area contributed by atoms with Crippen LogP contribution in [0.3, 0.4) is 0 Å². The molecular formula is C19H26N4O. The first kappa shape index (κ1) is 17.8. The van der Waals surface area contributed by atoms with Crippen LogP contribution in [0.25, 0.3) is 0 Å². The summed E-state index contributed by atoms with van der Waals surface area (Å²) in [5.41, 5.74) is 2.31. The Hall–Kier alpha value is -2.56. The second kappa shape index (κ2) is 10.3. The number of hydrogen-bond acceptors (Lipinski definition) is 3. The maximum absolute atomic E-state index is 5.25. The molecule has 2 rings (SSSR count). The predicted molar refractivity (Wildman–Crippen MR) is 98.6 cm³/mol. The van der Waals surface area contributed by atoms with Crippen LogP contribution in [0, 0.1) is 0 Å². The molecule has 0 fully saturated rings. The smallest absolute Gasteiger partial charge is 0.191 e. The van der Waals surface area contributed by atoms with Crippen LogP contribution in [-0.2, 0) is 12.8 Å². The first-order valence-electron chi connectivity index (χ1n) is 8.37. The van der Waals surface area contributed by atoms with Crippen molar-refractivity contribution in [3.05, 3.63) is 59.9 Å². The molecule has 0 saturated carbocycles. The topological polar surface area (TPSA) is 58.5 Å². The quantitative estimate of drug-likeness (QED) is 0.578. The molecule has 0 bridgehead atoms. The summed E-state index contributed by atoms with van der Waals surface area (Å²) in [6.45, 7) is 4.45. The molecule has 0 unspecified atom stereocenters. The van der Waals surface area contributed by atoms with Gasteiger partial charge in [-0.3, -0.25) is 9.98 Å². The molecule has 1 aromatic carbocycles. The Kier molecular flexibility index (Phi) is 7.60. The second-order valence-corrected chi connectivity index (χ2v) is 5.36. The number of pyridine rings is 1. The van der Waals surface area contributed by atoms with E-state index in [1.54, 1.807) is 7.11 Å². The van der Waals surface area contributed by atoms with E-state index >= 15 is 0 Å². The highest BCUT2D eigenvalue weighted by Crippen LogP contribution is 2.12. The lowest BCUT2D eigenvalue weighted by Crippen LogP contribution is -2.38. The monoisotopic (exact) mass is 326 g/mol. The zero-order chi connectivity index (χ0) is 17.0. The van der Waals surface area contributed by atoms with Gasteiger partial charge in [-0.2, -0.15) is 0 Å². The van der Waals surface area contributed by atoms with Gasteiger partial charge in [0, 0.05) is 37.9 Å². The summed E-state index contributed by atoms with van der Waals surface area (Å²) in [6, 6.07) is 14.1. The van der Waals surface area contributed by atoms with Gasteiger partial charge in [0.2, 0.25) is 0 Å². The molecule has 0 spiro atoms. The van der Waals surface area contributed by atoms with Crippen LogP contribution in [0.4, 0.5) is 0 Å². The molecule has 128 valence electrons. The molecule has 0 radical (unpaired) electrons. The summed E-state index contributed by atoms with van der Waals surface area (Å²) < 4.78 is 5.25. The van der Waals surface area contributed by atoms with E-state index in [0.717, 1.165) is 43.3 Å². The number of hydrogen-bond donors (Lipinski definition) is 2. The van der Waals surface area contributed by atoms with Crippen molar-refractivity contribution in [2.24, 2.45) is 4.99 Å². The normalized spacial score (nSPS) is 11.2. The van der Waals surface area contributed by atoms with E-state index in [1.165, 1.54) is 5.56 Å². The molecule has 2 aromatic rings. The molecule has 0 atom stereocenters. The molecule has 5 nitrogen and oxygen atoms in total. The number of nitrogens with one attached hydrogen (secondary N) is 2. The Morgan fingerprint density at radius 1 is 1.12 bits per heavy atom. The van der Waals surface area contributed by atoms with E-state index in [2.05, 4.69) is 39.7 Å². The molecular weight excluding hydrogens is 300 g/mol. The van der Waals surface area contributed by atoms with Gasteiger partial charge in [0.25, 0.3) is 0 Å². The highest BCUT2D eigenvalue weighted by molar-refractivity contribution is 5.79. The van der Waals surface area contributed by atoms with Gasteiger partial charge in [-0.1, -0.05) is 18.2 Å². The maximum Gasteiger partial charge on any atom is 0.191 e. The van der Waals surface area contributed by atoms with Crippen molar-refractivity contribution < 1.29 is 4.74 Å². The third kappa shape index (κ3) is 6.28. The van der Waals surface area contributed by atoms with Crippen LogP contribution in [0.1, 0.15) is 18.2 Å². The van der Waals surface area contributed by atoms with Crippen molar-refractivity contribution in [3.8, 4) is 5.75 Å². The van der Waals surface area contributed by atoms with Crippen molar-refractivity contribution in [1.29, 1.82) is 0 Å². The highest BCUT2D eigenvalue weighted by Gasteiger charge is 2.00. The number of aromatic nitrogens is 1. The minimum Gasteiger partial charge on any atom is -0.497 e. The Labute approximate surface area is 144 Å². The van der Waals surface area contributed by atoms with E-state index < -0.39 is 0 Å². The van der Waals surface area contributed by atoms with Crippen LogP contribution in [0.5, 0.6) is 5.75 Å². The molecule has 2 N–H and O–H groups in total. The lowest BCUT2D eigenvalue weighted by atomic mass is 10.1. The standard InChI is InChI=1S/C19H26N4O/c1-3-20-19(23-14-11-17-8-4-5-12-21-17)22-13-10-16-7-6-9-18(15-16)24-2/h4-9,12,15H,3,10-11,13-14H2,1-2H3,(H2,20,22,23). The van der Waals surface area contributed by atoms with Crippen LogP contribution in [0.2, 0.25) is 0 Å². The Morgan fingerprint density at radius 3 is 2.79 bits per heavy atom. The number of methoxy groups -OCH3 is 1. The van der Waals surface area contributed by atoms with Crippen molar-refractivity contribution in [2.45, 2.75) is 19.8 Å². The van der Waals surface area contributed by atoms with Crippen molar-refractivity contribution in [1.82, 2.24) is 15.6 Å². The van der Waals surface area contributed by atoms with Crippen molar-refractivity contribution >= 4 is 5.96 Å². The largest absolute Gasteiger partial charge is 0.497 e. The summed E-state index contributed by atoms with van der Waals surface area (Å²) in [6.07, 6.45) is 3.58. The number of ether oxygens (including phenoxy) is 1. The van der Waals surface area contributed by atoms with E-state index in [0.29, 0.717) is 6.54 Å². The average molecular weight is 326 g/mol.